The third-order valence-corrected chi connectivity index (χ3v) is 4.43. The molecule has 3 aromatic rings. The molecule has 0 aliphatic rings. The molecular formula is C21H19ClFN3O. The Morgan fingerprint density at radius 2 is 1.89 bits per heavy atom. The number of halogens is 2. The molecule has 0 aliphatic heterocycles. The number of rotatable bonds is 6. The van der Waals surface area contributed by atoms with E-state index in [4.69, 9.17) is 11.6 Å². The van der Waals surface area contributed by atoms with E-state index in [9.17, 15) is 9.18 Å². The highest BCUT2D eigenvalue weighted by molar-refractivity contribution is 6.34. The zero-order valence-electron chi connectivity index (χ0n) is 14.8. The van der Waals surface area contributed by atoms with Crippen molar-refractivity contribution in [1.29, 1.82) is 0 Å². The van der Waals surface area contributed by atoms with Crippen LogP contribution in [0.5, 0.6) is 0 Å². The molecule has 0 saturated heterocycles. The summed E-state index contributed by atoms with van der Waals surface area (Å²) in [5.41, 5.74) is 1.48. The van der Waals surface area contributed by atoms with Crippen LogP contribution in [0.3, 0.4) is 0 Å². The van der Waals surface area contributed by atoms with Crippen LogP contribution in [-0.4, -0.2) is 17.4 Å². The Kier molecular flexibility index (Phi) is 6.04. The van der Waals surface area contributed by atoms with Gasteiger partial charge in [0.05, 0.1) is 22.5 Å². The molecule has 0 radical (unpaired) electrons. The smallest absolute Gasteiger partial charge is 0.260 e. The minimum Gasteiger partial charge on any atom is -0.353 e. The zero-order valence-corrected chi connectivity index (χ0v) is 15.6. The minimum absolute atomic E-state index is 0.0668. The first-order valence-electron chi connectivity index (χ1n) is 8.58. The number of aromatic nitrogens is 1. The van der Waals surface area contributed by atoms with Crippen LogP contribution in [-0.2, 0) is 6.54 Å². The molecule has 6 heteroatoms. The summed E-state index contributed by atoms with van der Waals surface area (Å²) in [5.74, 6) is -0.475. The molecule has 0 aliphatic carbocycles. The Labute approximate surface area is 162 Å². The van der Waals surface area contributed by atoms with Gasteiger partial charge in [0.25, 0.3) is 5.91 Å². The van der Waals surface area contributed by atoms with Gasteiger partial charge >= 0.3 is 0 Å². The lowest BCUT2D eigenvalue weighted by molar-refractivity contribution is 0.102. The lowest BCUT2D eigenvalue weighted by Gasteiger charge is -2.22. The number of hydrogen-bond acceptors (Lipinski definition) is 3. The van der Waals surface area contributed by atoms with E-state index in [1.807, 2.05) is 24.3 Å². The van der Waals surface area contributed by atoms with Gasteiger partial charge in [0.1, 0.15) is 11.6 Å². The number of pyridine rings is 1. The van der Waals surface area contributed by atoms with Crippen LogP contribution in [0.2, 0.25) is 5.02 Å². The Morgan fingerprint density at radius 3 is 2.52 bits per heavy atom. The number of carbonyl (C=O) groups is 1. The maximum atomic E-state index is 13.9. The van der Waals surface area contributed by atoms with Crippen molar-refractivity contribution in [3.8, 4) is 0 Å². The molecule has 0 atom stereocenters. The fourth-order valence-corrected chi connectivity index (χ4v) is 2.96. The standard InChI is InChI=1S/C21H19ClFN3O/c1-2-26(14-15-7-4-3-5-8-15)19-12-11-16(13-24-19)25-21(27)20-17(22)9-6-10-18(20)23/h3-13H,2,14H2,1H3,(H,25,27). The Morgan fingerprint density at radius 1 is 1.11 bits per heavy atom. The molecule has 4 nitrogen and oxygen atoms in total. The van der Waals surface area contributed by atoms with E-state index in [0.717, 1.165) is 18.9 Å². The van der Waals surface area contributed by atoms with Crippen LogP contribution < -0.4 is 10.2 Å². The summed E-state index contributed by atoms with van der Waals surface area (Å²) in [4.78, 5) is 18.8. The largest absolute Gasteiger partial charge is 0.353 e. The molecule has 1 aromatic heterocycles. The molecule has 0 saturated carbocycles. The fraction of sp³-hybridized carbons (Fsp3) is 0.143. The fourth-order valence-electron chi connectivity index (χ4n) is 2.71. The normalized spacial score (nSPS) is 10.5. The second-order valence-electron chi connectivity index (χ2n) is 5.96. The van der Waals surface area contributed by atoms with Gasteiger partial charge in [-0.3, -0.25) is 4.79 Å². The first-order chi connectivity index (χ1) is 13.1. The average Bonchev–Trinajstić information content (AvgIpc) is 2.67. The van der Waals surface area contributed by atoms with Gasteiger partial charge in [-0.05, 0) is 36.8 Å². The van der Waals surface area contributed by atoms with Crippen molar-refractivity contribution >= 4 is 29.0 Å². The molecular weight excluding hydrogens is 365 g/mol. The van der Waals surface area contributed by atoms with Crippen molar-refractivity contribution in [1.82, 2.24) is 4.98 Å². The Bertz CT molecular complexity index is 896. The molecule has 0 spiro atoms. The van der Waals surface area contributed by atoms with Gasteiger partial charge in [0.15, 0.2) is 0 Å². The second kappa shape index (κ2) is 8.64. The van der Waals surface area contributed by atoms with Gasteiger partial charge in [-0.25, -0.2) is 9.37 Å². The third kappa shape index (κ3) is 4.63. The summed E-state index contributed by atoms with van der Waals surface area (Å²) >= 11 is 5.93. The predicted octanol–water partition coefficient (Wildman–Crippen LogP) is 5.15. The first-order valence-corrected chi connectivity index (χ1v) is 8.96. The maximum absolute atomic E-state index is 13.9. The number of anilines is 2. The number of carbonyl (C=O) groups excluding carboxylic acids is 1. The highest BCUT2D eigenvalue weighted by Crippen LogP contribution is 2.21. The molecule has 138 valence electrons. The molecule has 0 bridgehead atoms. The van der Waals surface area contributed by atoms with Gasteiger partial charge in [-0.15, -0.1) is 0 Å². The van der Waals surface area contributed by atoms with Crippen LogP contribution in [0.1, 0.15) is 22.8 Å². The maximum Gasteiger partial charge on any atom is 0.260 e. The van der Waals surface area contributed by atoms with Gasteiger partial charge in [-0.1, -0.05) is 48.0 Å². The number of amides is 1. The van der Waals surface area contributed by atoms with Crippen molar-refractivity contribution in [3.63, 3.8) is 0 Å². The lowest BCUT2D eigenvalue weighted by atomic mass is 10.2. The monoisotopic (exact) mass is 383 g/mol. The third-order valence-electron chi connectivity index (χ3n) is 4.12. The SMILES string of the molecule is CCN(Cc1ccccc1)c1ccc(NC(=O)c2c(F)cccc2Cl)cn1. The average molecular weight is 384 g/mol. The number of nitrogens with zero attached hydrogens (tertiary/aromatic N) is 2. The van der Waals surface area contributed by atoms with Crippen molar-refractivity contribution in [2.45, 2.75) is 13.5 Å². The second-order valence-corrected chi connectivity index (χ2v) is 6.36. The Balaban J connectivity index is 1.72. The topological polar surface area (TPSA) is 45.2 Å². The van der Waals surface area contributed by atoms with Gasteiger partial charge in [0.2, 0.25) is 0 Å². The summed E-state index contributed by atoms with van der Waals surface area (Å²) in [6.07, 6.45) is 1.55. The molecule has 2 aromatic carbocycles. The quantitative estimate of drug-likeness (QED) is 0.640. The van der Waals surface area contributed by atoms with E-state index in [-0.39, 0.29) is 10.6 Å². The summed E-state index contributed by atoms with van der Waals surface area (Å²) in [5, 5.41) is 2.70. The van der Waals surface area contributed by atoms with Crippen LogP contribution in [0.15, 0.2) is 66.9 Å². The van der Waals surface area contributed by atoms with Crippen LogP contribution in [0, 0.1) is 5.82 Å². The van der Waals surface area contributed by atoms with Crippen molar-refractivity contribution in [2.24, 2.45) is 0 Å². The summed E-state index contributed by atoms with van der Waals surface area (Å²) in [6.45, 7) is 3.58. The van der Waals surface area contributed by atoms with Crippen molar-refractivity contribution in [3.05, 3.63) is 88.8 Å². The lowest BCUT2D eigenvalue weighted by Crippen LogP contribution is -2.23. The summed E-state index contributed by atoms with van der Waals surface area (Å²) < 4.78 is 13.9. The van der Waals surface area contributed by atoms with Crippen LogP contribution >= 0.6 is 11.6 Å². The first kappa shape index (κ1) is 18.9. The molecule has 27 heavy (non-hydrogen) atoms. The van der Waals surface area contributed by atoms with Crippen LogP contribution in [0.4, 0.5) is 15.9 Å². The van der Waals surface area contributed by atoms with Crippen molar-refractivity contribution < 1.29 is 9.18 Å². The van der Waals surface area contributed by atoms with Crippen LogP contribution in [0.25, 0.3) is 0 Å². The minimum atomic E-state index is -0.662. The number of benzene rings is 2. The molecule has 3 rings (SSSR count). The molecule has 1 amide bonds. The number of hydrogen-bond donors (Lipinski definition) is 1. The van der Waals surface area contributed by atoms with Gasteiger partial charge < -0.3 is 10.2 Å². The van der Waals surface area contributed by atoms with E-state index in [1.165, 1.54) is 23.8 Å². The molecule has 0 fully saturated rings. The van der Waals surface area contributed by atoms with E-state index in [1.54, 1.807) is 12.3 Å². The summed E-state index contributed by atoms with van der Waals surface area (Å²) in [7, 11) is 0. The predicted molar refractivity (Wildman–Crippen MR) is 107 cm³/mol. The highest BCUT2D eigenvalue weighted by Gasteiger charge is 2.16. The van der Waals surface area contributed by atoms with E-state index in [0.29, 0.717) is 5.69 Å². The number of nitrogens with one attached hydrogen (secondary N) is 1. The van der Waals surface area contributed by atoms with E-state index in [2.05, 4.69) is 34.3 Å². The Hall–Kier alpha value is -2.92. The molecule has 0 unspecified atom stereocenters. The van der Waals surface area contributed by atoms with Gasteiger partial charge in [0, 0.05) is 13.1 Å². The molecule has 1 heterocycles. The van der Waals surface area contributed by atoms with Gasteiger partial charge in [-0.2, -0.15) is 0 Å². The summed E-state index contributed by atoms with van der Waals surface area (Å²) in [6, 6.07) is 17.8. The highest BCUT2D eigenvalue weighted by atomic mass is 35.5. The van der Waals surface area contributed by atoms with Crippen molar-refractivity contribution in [2.75, 3.05) is 16.8 Å². The van der Waals surface area contributed by atoms with E-state index < -0.39 is 11.7 Å². The van der Waals surface area contributed by atoms with E-state index >= 15 is 0 Å². The zero-order chi connectivity index (χ0) is 19.2. The molecule has 1 N–H and O–H groups in total.